The van der Waals surface area contributed by atoms with Gasteiger partial charge in [0.05, 0.1) is 11.9 Å². The van der Waals surface area contributed by atoms with Crippen LogP contribution >= 0.6 is 0 Å². The first-order chi connectivity index (χ1) is 10.7. The third kappa shape index (κ3) is 5.27. The van der Waals surface area contributed by atoms with E-state index >= 15 is 0 Å². The van der Waals surface area contributed by atoms with Crippen LogP contribution in [-0.2, 0) is 4.79 Å². The lowest BCUT2D eigenvalue weighted by Gasteiger charge is -2.15. The van der Waals surface area contributed by atoms with Gasteiger partial charge in [0.2, 0.25) is 0 Å². The number of hydrogen-bond donors (Lipinski definition) is 2. The zero-order chi connectivity index (χ0) is 17.1. The van der Waals surface area contributed by atoms with Gasteiger partial charge in [-0.05, 0) is 19.9 Å². The quantitative estimate of drug-likeness (QED) is 0.873. The van der Waals surface area contributed by atoms with Gasteiger partial charge in [0.15, 0.2) is 5.66 Å². The predicted molar refractivity (Wildman–Crippen MR) is 71.7 cm³/mol. The number of alkyl halides is 3. The highest BCUT2D eigenvalue weighted by atomic mass is 19.4. The normalized spacial score (nSPS) is 22.5. The smallest absolute Gasteiger partial charge is 0.475 e. The number of aliphatic carboxylic acids is 1. The number of carboxylic acids is 1. The third-order valence-electron chi connectivity index (χ3n) is 3.71. The lowest BCUT2D eigenvalue weighted by atomic mass is 10.1. The number of rotatable bonds is 4. The molecule has 0 saturated carbocycles. The summed E-state index contributed by atoms with van der Waals surface area (Å²) in [5, 5.41) is 25.9. The minimum atomic E-state index is -5.08. The van der Waals surface area contributed by atoms with Gasteiger partial charge in [-0.15, -0.1) is 0 Å². The van der Waals surface area contributed by atoms with Crippen LogP contribution in [0.1, 0.15) is 31.4 Å². The van der Waals surface area contributed by atoms with Crippen LogP contribution in [0.25, 0.3) is 0 Å². The predicted octanol–water partition coefficient (Wildman–Crippen LogP) is 1.80. The van der Waals surface area contributed by atoms with E-state index in [9.17, 15) is 13.2 Å². The van der Waals surface area contributed by atoms with Crippen LogP contribution in [0, 0.1) is 0 Å². The van der Waals surface area contributed by atoms with E-state index in [0.29, 0.717) is 5.92 Å². The lowest BCUT2D eigenvalue weighted by molar-refractivity contribution is -0.192. The molecule has 3 heterocycles. The van der Waals surface area contributed by atoms with Gasteiger partial charge in [-0.25, -0.2) is 4.79 Å². The fourth-order valence-electron chi connectivity index (χ4n) is 2.24. The summed E-state index contributed by atoms with van der Waals surface area (Å²) in [7, 11) is 0. The van der Waals surface area contributed by atoms with Gasteiger partial charge in [0.25, 0.3) is 0 Å². The Bertz CT molecular complexity index is 554. The molecule has 2 aliphatic heterocycles. The Balaban J connectivity index is 0.000000236. The minimum absolute atomic E-state index is 0.0635. The number of halogens is 3. The molecule has 0 amide bonds. The molecule has 2 aliphatic rings. The van der Waals surface area contributed by atoms with Gasteiger partial charge in [-0.2, -0.15) is 38.8 Å². The highest BCUT2D eigenvalue weighted by Crippen LogP contribution is 2.32. The van der Waals surface area contributed by atoms with Gasteiger partial charge in [0.1, 0.15) is 0 Å². The lowest BCUT2D eigenvalue weighted by Crippen LogP contribution is -2.25. The van der Waals surface area contributed by atoms with Crippen LogP contribution in [-0.4, -0.2) is 62.9 Å². The van der Waals surface area contributed by atoms with Crippen molar-refractivity contribution in [2.75, 3.05) is 19.6 Å². The fraction of sp³-hybridized carbons (Fsp3) is 0.750. The maximum Gasteiger partial charge on any atom is 0.490 e. The second kappa shape index (κ2) is 6.60. The minimum Gasteiger partial charge on any atom is -0.475 e. The molecule has 1 aromatic rings. The molecule has 23 heavy (non-hydrogen) atoms. The van der Waals surface area contributed by atoms with Crippen LogP contribution < -0.4 is 0 Å². The number of hydrogen-bond acceptors (Lipinski definition) is 6. The molecule has 3 rings (SSSR count). The number of nitrogens with one attached hydrogen (secondary N) is 1. The SMILES string of the molecule is CC1(CCN2CCC(c3cn[nH]n3)C2)N=N1.O=C(O)C(F)(F)F. The Morgan fingerprint density at radius 3 is 2.65 bits per heavy atom. The number of aromatic nitrogens is 3. The first-order valence-corrected chi connectivity index (χ1v) is 7.02. The summed E-state index contributed by atoms with van der Waals surface area (Å²) in [6.45, 7) is 5.40. The molecular weight excluding hydrogens is 317 g/mol. The molecule has 0 spiro atoms. The number of carbonyl (C=O) groups is 1. The molecule has 0 radical (unpaired) electrons. The summed E-state index contributed by atoms with van der Waals surface area (Å²) in [5.41, 5.74) is 1.03. The van der Waals surface area contributed by atoms with Crippen molar-refractivity contribution in [2.45, 2.75) is 37.5 Å². The van der Waals surface area contributed by atoms with E-state index in [1.807, 2.05) is 6.20 Å². The molecule has 1 aromatic heterocycles. The van der Waals surface area contributed by atoms with Crippen LogP contribution in [0.15, 0.2) is 16.4 Å². The number of H-pyrrole nitrogens is 1. The van der Waals surface area contributed by atoms with E-state index in [-0.39, 0.29) is 5.66 Å². The number of aromatic amines is 1. The third-order valence-corrected chi connectivity index (χ3v) is 3.71. The zero-order valence-electron chi connectivity index (χ0n) is 12.4. The second-order valence-electron chi connectivity index (χ2n) is 5.65. The summed E-state index contributed by atoms with van der Waals surface area (Å²) in [4.78, 5) is 11.4. The summed E-state index contributed by atoms with van der Waals surface area (Å²) >= 11 is 0. The Morgan fingerprint density at radius 1 is 1.52 bits per heavy atom. The molecule has 0 bridgehead atoms. The largest absolute Gasteiger partial charge is 0.490 e. The molecule has 128 valence electrons. The Morgan fingerprint density at radius 2 is 2.17 bits per heavy atom. The molecule has 0 aliphatic carbocycles. The van der Waals surface area contributed by atoms with Crippen molar-refractivity contribution in [1.29, 1.82) is 0 Å². The van der Waals surface area contributed by atoms with Crippen molar-refractivity contribution in [3.05, 3.63) is 11.9 Å². The van der Waals surface area contributed by atoms with Gasteiger partial charge in [-0.1, -0.05) is 0 Å². The van der Waals surface area contributed by atoms with Gasteiger partial charge in [0, 0.05) is 25.4 Å². The van der Waals surface area contributed by atoms with Crippen LogP contribution in [0.2, 0.25) is 0 Å². The molecule has 0 aromatic carbocycles. The van der Waals surface area contributed by atoms with Crippen molar-refractivity contribution < 1.29 is 23.1 Å². The Labute approximate surface area is 129 Å². The molecule has 2 N–H and O–H groups in total. The van der Waals surface area contributed by atoms with E-state index in [4.69, 9.17) is 9.90 Å². The number of nitrogens with zero attached hydrogens (tertiary/aromatic N) is 5. The average molecular weight is 334 g/mol. The Hall–Kier alpha value is -2.04. The average Bonchev–Trinajstić information content (AvgIpc) is 2.91. The zero-order valence-corrected chi connectivity index (χ0v) is 12.4. The summed E-state index contributed by atoms with van der Waals surface area (Å²) in [6, 6.07) is 0. The molecular formula is C12H17F3N6O2. The van der Waals surface area contributed by atoms with Gasteiger partial charge >= 0.3 is 12.1 Å². The second-order valence-corrected chi connectivity index (χ2v) is 5.65. The van der Waals surface area contributed by atoms with E-state index in [2.05, 4.69) is 37.5 Å². The maximum atomic E-state index is 10.6. The van der Waals surface area contributed by atoms with E-state index in [0.717, 1.165) is 31.7 Å². The topological polar surface area (TPSA) is 107 Å². The van der Waals surface area contributed by atoms with Crippen molar-refractivity contribution in [3.63, 3.8) is 0 Å². The van der Waals surface area contributed by atoms with E-state index in [1.165, 1.54) is 6.42 Å². The van der Waals surface area contributed by atoms with Crippen LogP contribution in [0.3, 0.4) is 0 Å². The van der Waals surface area contributed by atoms with E-state index in [1.54, 1.807) is 0 Å². The highest BCUT2D eigenvalue weighted by Gasteiger charge is 2.38. The first kappa shape index (κ1) is 17.3. The standard InChI is InChI=1S/C10H16N6.C2HF3O2/c1-10(13-14-10)3-5-16-4-2-8(7-16)9-6-11-15-12-9;3-2(4,5)1(6)7/h6,8H,2-5,7H2,1H3,(H,11,12,15);(H,6,7). The summed E-state index contributed by atoms with van der Waals surface area (Å²) < 4.78 is 31.7. The van der Waals surface area contributed by atoms with Crippen molar-refractivity contribution in [1.82, 2.24) is 20.3 Å². The maximum absolute atomic E-state index is 10.6. The first-order valence-electron chi connectivity index (χ1n) is 7.02. The van der Waals surface area contributed by atoms with Gasteiger partial charge < -0.3 is 10.0 Å². The van der Waals surface area contributed by atoms with Crippen molar-refractivity contribution in [2.24, 2.45) is 10.2 Å². The van der Waals surface area contributed by atoms with Crippen LogP contribution in [0.4, 0.5) is 13.2 Å². The molecule has 1 atom stereocenters. The summed E-state index contributed by atoms with van der Waals surface area (Å²) in [6.07, 6.45) is -1.03. The molecule has 1 unspecified atom stereocenters. The Kier molecular flexibility index (Phi) is 4.97. The summed E-state index contributed by atoms with van der Waals surface area (Å²) in [5.74, 6) is -2.22. The monoisotopic (exact) mass is 334 g/mol. The number of likely N-dealkylation sites (tertiary alicyclic amines) is 1. The van der Waals surface area contributed by atoms with Crippen molar-refractivity contribution in [3.8, 4) is 0 Å². The fourth-order valence-corrected chi connectivity index (χ4v) is 2.24. The van der Waals surface area contributed by atoms with E-state index < -0.39 is 12.1 Å². The highest BCUT2D eigenvalue weighted by molar-refractivity contribution is 5.73. The van der Waals surface area contributed by atoms with Crippen LogP contribution in [0.5, 0.6) is 0 Å². The number of carboxylic acid groups (broad SMARTS) is 1. The van der Waals surface area contributed by atoms with Crippen molar-refractivity contribution >= 4 is 5.97 Å². The van der Waals surface area contributed by atoms with Gasteiger partial charge in [-0.3, -0.25) is 0 Å². The molecule has 8 nitrogen and oxygen atoms in total. The molecule has 1 fully saturated rings. The molecule has 11 heteroatoms. The molecule has 1 saturated heterocycles.